The molecule has 0 amide bonds. The summed E-state index contributed by atoms with van der Waals surface area (Å²) in [6.45, 7) is 5.66. The zero-order valence-electron chi connectivity index (χ0n) is 55.2. The van der Waals surface area contributed by atoms with Gasteiger partial charge in [0, 0.05) is 106 Å². The monoisotopic (exact) mass is 1440 g/mol. The number of rotatable bonds is 11. The van der Waals surface area contributed by atoms with Crippen molar-refractivity contribution in [2.45, 2.75) is 67.9 Å². The van der Waals surface area contributed by atoms with Crippen molar-refractivity contribution in [3.63, 3.8) is 0 Å². The molecule has 2 fully saturated rings. The van der Waals surface area contributed by atoms with Crippen molar-refractivity contribution in [2.75, 3.05) is 39.8 Å². The van der Waals surface area contributed by atoms with Crippen LogP contribution in [-0.4, -0.2) is 134 Å². The third kappa shape index (κ3) is 15.5. The van der Waals surface area contributed by atoms with Gasteiger partial charge in [-0.2, -0.15) is 20.4 Å². The van der Waals surface area contributed by atoms with Gasteiger partial charge >= 0.3 is 0 Å². The molecule has 6 aromatic carbocycles. The molecule has 10 heterocycles. The predicted molar refractivity (Wildman–Crippen MR) is 418 cm³/mol. The maximum atomic E-state index is 15.8. The van der Waals surface area contributed by atoms with Crippen LogP contribution in [0.5, 0.6) is 0 Å². The lowest BCUT2D eigenvalue weighted by atomic mass is 10.0. The Balaban J connectivity index is 0.000000147. The van der Waals surface area contributed by atoms with Crippen LogP contribution >= 0.6 is 34.8 Å². The number of aromatic nitrogens is 17. The molecule has 15 aromatic rings. The van der Waals surface area contributed by atoms with Crippen LogP contribution < -0.4 is 0 Å². The van der Waals surface area contributed by atoms with E-state index in [4.69, 9.17) is 45.0 Å². The highest BCUT2D eigenvalue weighted by molar-refractivity contribution is 6.39. The van der Waals surface area contributed by atoms with E-state index in [0.29, 0.717) is 72.5 Å². The highest BCUT2D eigenvalue weighted by atomic mass is 35.5. The minimum atomic E-state index is -0.377. The molecule has 0 radical (unpaired) electrons. The molecule has 9 aromatic heterocycles. The summed E-state index contributed by atoms with van der Waals surface area (Å²) in [6.07, 6.45) is 6.85. The summed E-state index contributed by atoms with van der Waals surface area (Å²) in [4.78, 5) is 4.75. The van der Waals surface area contributed by atoms with Gasteiger partial charge in [0.15, 0.2) is 22.8 Å². The van der Waals surface area contributed by atoms with E-state index in [2.05, 4.69) is 67.8 Å². The Hall–Kier alpha value is -10.5. The van der Waals surface area contributed by atoms with Crippen molar-refractivity contribution in [1.82, 2.24) is 94.3 Å². The van der Waals surface area contributed by atoms with Crippen LogP contribution in [0.4, 0.5) is 4.39 Å². The first-order chi connectivity index (χ1) is 48.4. The number of benzene rings is 6. The van der Waals surface area contributed by atoms with Gasteiger partial charge < -0.3 is 9.47 Å². The first-order valence-corrected chi connectivity index (χ1v) is 34.0. The molecular weight excluding hydrogens is 1350 g/mol. The van der Waals surface area contributed by atoms with Gasteiger partial charge in [-0.05, 0) is 32.0 Å². The Morgan fingerprint density at radius 1 is 0.379 bits per heavy atom. The highest BCUT2D eigenvalue weighted by Crippen LogP contribution is 2.43. The van der Waals surface area contributed by atoms with Gasteiger partial charge in [0.25, 0.3) is 0 Å². The Bertz CT molecular complexity index is 5240. The third-order valence-corrected chi connectivity index (χ3v) is 19.2. The fourth-order valence-electron chi connectivity index (χ4n) is 13.0. The van der Waals surface area contributed by atoms with Gasteiger partial charge in [-0.1, -0.05) is 259 Å². The normalized spacial score (nSPS) is 13.0. The van der Waals surface area contributed by atoms with Gasteiger partial charge in [-0.15, -0.1) is 40.8 Å². The van der Waals surface area contributed by atoms with E-state index < -0.39 is 0 Å². The van der Waals surface area contributed by atoms with Crippen LogP contribution in [0.2, 0.25) is 15.1 Å². The second kappa shape index (κ2) is 33.5. The van der Waals surface area contributed by atoms with Crippen molar-refractivity contribution >= 4 is 78.9 Å². The molecule has 19 nitrogen and oxygen atoms in total. The summed E-state index contributed by atoms with van der Waals surface area (Å²) in [6, 6.07) is 62.9. The number of halogens is 4. The summed E-state index contributed by atoms with van der Waals surface area (Å²) < 4.78 is 24.9. The van der Waals surface area contributed by atoms with E-state index in [1.807, 2.05) is 233 Å². The third-order valence-electron chi connectivity index (χ3n) is 18.1. The maximum Gasteiger partial charge on any atom is 0.205 e. The van der Waals surface area contributed by atoms with E-state index in [0.717, 1.165) is 111 Å². The van der Waals surface area contributed by atoms with E-state index >= 15 is 4.39 Å². The smallest absolute Gasteiger partial charge is 0.205 e. The second-order valence-electron chi connectivity index (χ2n) is 24.6. The highest BCUT2D eigenvalue weighted by Gasteiger charge is 2.29. The second-order valence-corrected chi connectivity index (χ2v) is 25.7. The average molecular weight is 1440 g/mol. The molecule has 528 valence electrons. The van der Waals surface area contributed by atoms with E-state index in [-0.39, 0.29) is 41.2 Å². The fraction of sp³-hybridized carbons (Fsp3) is 0.250. The molecule has 0 N–H and O–H groups in total. The number of aryl methyl sites for hydroxylation is 4. The zero-order valence-corrected chi connectivity index (χ0v) is 57.5. The summed E-state index contributed by atoms with van der Waals surface area (Å²) in [7, 11) is 9.74. The number of hydrogen-bond acceptors (Lipinski definition) is 14. The van der Waals surface area contributed by atoms with Crippen LogP contribution in [0.15, 0.2) is 200 Å². The Morgan fingerprint density at radius 3 is 1.31 bits per heavy atom. The van der Waals surface area contributed by atoms with Gasteiger partial charge in [0.1, 0.15) is 34.2 Å². The molecule has 1 aliphatic heterocycles. The molecule has 0 bridgehead atoms. The molecule has 0 unspecified atom stereocenters. The van der Waals surface area contributed by atoms with Crippen LogP contribution in [0.25, 0.3) is 123 Å². The number of piperazine rings is 1. The topological polar surface area (TPSA) is 186 Å². The van der Waals surface area contributed by atoms with Gasteiger partial charge in [0.05, 0.1) is 60.2 Å². The largest absolute Gasteiger partial charge is 0.349 e. The summed E-state index contributed by atoms with van der Waals surface area (Å²) in [5, 5.41) is 58.0. The van der Waals surface area contributed by atoms with Gasteiger partial charge in [-0.3, -0.25) is 9.58 Å². The lowest BCUT2D eigenvalue weighted by Crippen LogP contribution is -2.45. The summed E-state index contributed by atoms with van der Waals surface area (Å²) in [5.74, 6) is 0.118. The Kier molecular flexibility index (Phi) is 24.5. The zero-order chi connectivity index (χ0) is 68.1. The number of nitrogens with zero attached hydrogens (tertiary/aromatic N) is 19. The van der Waals surface area contributed by atoms with E-state index in [9.17, 15) is 0 Å². The molecular formula is C80H85Cl3FN19. The van der Waals surface area contributed by atoms with Crippen molar-refractivity contribution < 1.29 is 4.39 Å². The first-order valence-electron chi connectivity index (χ1n) is 32.8. The molecule has 17 rings (SSSR count). The molecule has 2 aliphatic rings. The van der Waals surface area contributed by atoms with Crippen LogP contribution in [0.3, 0.4) is 0 Å². The molecule has 1 saturated carbocycles. The quantitative estimate of drug-likeness (QED) is 0.119. The van der Waals surface area contributed by atoms with E-state index in [1.165, 1.54) is 25.7 Å². The maximum absolute atomic E-state index is 15.8. The molecule has 103 heavy (non-hydrogen) atoms. The minimum absolute atomic E-state index is 0. The fourth-order valence-corrected chi connectivity index (χ4v) is 13.9. The van der Waals surface area contributed by atoms with Crippen LogP contribution in [0, 0.1) is 5.82 Å². The van der Waals surface area contributed by atoms with Gasteiger partial charge in [0.2, 0.25) is 5.65 Å². The van der Waals surface area contributed by atoms with Crippen LogP contribution in [-0.2, 0) is 34.7 Å². The number of likely N-dealkylation sites (N-methyl/N-ethyl adjacent to an activating group) is 1. The first kappa shape index (κ1) is 75.2. The van der Waals surface area contributed by atoms with E-state index in [1.54, 1.807) is 18.7 Å². The van der Waals surface area contributed by atoms with Crippen LogP contribution in [0.1, 0.15) is 67.0 Å². The van der Waals surface area contributed by atoms with Gasteiger partial charge in [-0.25, -0.2) is 18.4 Å². The lowest BCUT2D eigenvalue weighted by molar-refractivity contribution is 0.149. The minimum Gasteiger partial charge on any atom is -0.349 e. The molecule has 0 atom stereocenters. The standard InChI is InChI=1S/C23H26FN7.2C18H13ClN4.C17H17ClN4.4CH4/c1-28-11-13-30(14-12-28)15-16-31-23-19(22(27-31)18-9-6-10-29(18)2)20(24)21(25-26-23)17-7-4-3-5-8-17;1-23-17(13-10-6-3-7-11-13)14-15(19)16(20-21-18(14)22-23)12-8-4-2-5-9-12;1-23-18-14(16(22-23)12-8-4-2-5-9-12)15(19)17(20-21-18)13-10-6-3-7-11-13;1-22-17-13(15(21-22)11-9-5-6-10-11)14(18)16(19-20-17)12-7-3-2-4-8-12;;;;/h3-10H,11-16H2,1-2H3;2*2-11H,1H3;2-4,7-8,11H,5-6,9-10H2,1H3;4*1H4. The average Bonchev–Trinajstić information content (AvgIpc) is 1.65. The summed E-state index contributed by atoms with van der Waals surface area (Å²) in [5.41, 5.74) is 14.8. The molecule has 1 saturated heterocycles. The molecule has 0 spiro atoms. The lowest BCUT2D eigenvalue weighted by Gasteiger charge is -2.32. The molecule has 1 aliphatic carbocycles. The number of hydrogen-bond donors (Lipinski definition) is 0. The summed E-state index contributed by atoms with van der Waals surface area (Å²) >= 11 is 20.1. The SMILES string of the molecule is C.C.C.C.CN1CCN(CCn2nc(-c3cccn3C)c3c(F)c(-c4ccccc4)nnc32)CC1.Cn1nc(-c2ccccc2)c2c(Cl)c(-c3ccccc3)nnc21.Cn1nc(C2CCCC2)c2c(Cl)c(-c3ccccc3)nnc21.Cn1nc2nnc(-c3ccccc3)c(Cl)c2c1-c1ccccc1. The Morgan fingerprint density at radius 2 is 0.806 bits per heavy atom. The van der Waals surface area contributed by atoms with Crippen molar-refractivity contribution in [3.05, 3.63) is 227 Å². The van der Waals surface area contributed by atoms with Crippen molar-refractivity contribution in [3.8, 4) is 78.9 Å². The number of fused-ring (bicyclic) bond motifs is 4. The van der Waals surface area contributed by atoms with Crippen molar-refractivity contribution in [1.29, 1.82) is 0 Å². The Labute approximate surface area is 615 Å². The predicted octanol–water partition coefficient (Wildman–Crippen LogP) is 18.5. The molecule has 23 heteroatoms. The van der Waals surface area contributed by atoms with Crippen molar-refractivity contribution in [2.24, 2.45) is 28.2 Å².